The third-order valence-corrected chi connectivity index (χ3v) is 2.23. The van der Waals surface area contributed by atoms with Crippen molar-refractivity contribution in [3.05, 3.63) is 0 Å². The number of carbonyl (C=O) groups is 1. The zero-order chi connectivity index (χ0) is 10.6. The lowest BCUT2D eigenvalue weighted by atomic mass is 9.93. The number of carbonyl (C=O) groups excluding carboxylic acids is 1. The van der Waals surface area contributed by atoms with E-state index in [0.717, 1.165) is 6.42 Å². The molecule has 1 fully saturated rings. The molecule has 0 unspecified atom stereocenters. The molecule has 1 aliphatic carbocycles. The Hall–Kier alpha value is -0.570. The quantitative estimate of drug-likeness (QED) is 0.685. The molecule has 0 spiro atoms. The van der Waals surface area contributed by atoms with Gasteiger partial charge in [-0.15, -0.1) is 0 Å². The Morgan fingerprint density at radius 3 is 2.57 bits per heavy atom. The monoisotopic (exact) mass is 199 g/mol. The fourth-order valence-electron chi connectivity index (χ4n) is 1.04. The van der Waals surface area contributed by atoms with Gasteiger partial charge in [-0.25, -0.2) is 0 Å². The van der Waals surface area contributed by atoms with E-state index in [1.165, 1.54) is 12.8 Å². The third-order valence-electron chi connectivity index (χ3n) is 2.23. The van der Waals surface area contributed by atoms with Crippen molar-refractivity contribution in [1.82, 2.24) is 5.32 Å². The van der Waals surface area contributed by atoms with E-state index in [9.17, 15) is 4.79 Å². The zero-order valence-electron chi connectivity index (χ0n) is 9.43. The Morgan fingerprint density at radius 2 is 2.07 bits per heavy atom. The van der Waals surface area contributed by atoms with Crippen molar-refractivity contribution in [2.75, 3.05) is 13.2 Å². The molecule has 0 heterocycles. The molecule has 1 aliphatic rings. The summed E-state index contributed by atoms with van der Waals surface area (Å²) in [5, 5.41) is 3.13. The minimum atomic E-state index is -0.124. The molecule has 0 aromatic heterocycles. The topological polar surface area (TPSA) is 38.3 Å². The minimum absolute atomic E-state index is 0.124. The lowest BCUT2D eigenvalue weighted by Gasteiger charge is -2.17. The largest absolute Gasteiger partial charge is 0.465 e. The van der Waals surface area contributed by atoms with Gasteiger partial charge in [0.1, 0.15) is 0 Å². The average Bonchev–Trinajstić information content (AvgIpc) is 2.81. The number of hydrogen-bond donors (Lipinski definition) is 1. The summed E-state index contributed by atoms with van der Waals surface area (Å²) in [6.45, 7) is 7.33. The van der Waals surface area contributed by atoms with Crippen LogP contribution >= 0.6 is 0 Å². The molecule has 0 saturated heterocycles. The molecule has 0 aromatic rings. The van der Waals surface area contributed by atoms with E-state index in [2.05, 4.69) is 26.1 Å². The van der Waals surface area contributed by atoms with Gasteiger partial charge in [0.05, 0.1) is 13.2 Å². The summed E-state index contributed by atoms with van der Waals surface area (Å²) in [4.78, 5) is 11.2. The van der Waals surface area contributed by atoms with Crippen molar-refractivity contribution in [2.45, 2.75) is 46.1 Å². The van der Waals surface area contributed by atoms with Crippen molar-refractivity contribution >= 4 is 5.97 Å². The molecule has 3 heteroatoms. The predicted molar refractivity (Wildman–Crippen MR) is 56.1 cm³/mol. The first kappa shape index (κ1) is 11.5. The van der Waals surface area contributed by atoms with Crippen LogP contribution in [0.4, 0.5) is 0 Å². The Kier molecular flexibility index (Phi) is 3.93. The molecule has 0 aliphatic heterocycles. The minimum Gasteiger partial charge on any atom is -0.465 e. The van der Waals surface area contributed by atoms with Crippen LogP contribution in [0.25, 0.3) is 0 Å². The van der Waals surface area contributed by atoms with E-state index in [-0.39, 0.29) is 11.4 Å². The van der Waals surface area contributed by atoms with Crippen molar-refractivity contribution in [3.63, 3.8) is 0 Å². The maximum Gasteiger partial charge on any atom is 0.319 e. The van der Waals surface area contributed by atoms with Gasteiger partial charge in [-0.2, -0.15) is 0 Å². The van der Waals surface area contributed by atoms with E-state index in [1.807, 2.05) is 0 Å². The Labute approximate surface area is 86.2 Å². The maximum absolute atomic E-state index is 11.2. The van der Waals surface area contributed by atoms with E-state index in [1.54, 1.807) is 0 Å². The highest BCUT2D eigenvalue weighted by Crippen LogP contribution is 2.19. The number of esters is 1. The first-order valence-electron chi connectivity index (χ1n) is 5.36. The predicted octanol–water partition coefficient (Wildman–Crippen LogP) is 1.72. The van der Waals surface area contributed by atoms with Gasteiger partial charge in [-0.05, 0) is 24.7 Å². The SMILES string of the molecule is CC(C)(C)CCOC(=O)CNC1CC1. The van der Waals surface area contributed by atoms with E-state index >= 15 is 0 Å². The van der Waals surface area contributed by atoms with E-state index in [0.29, 0.717) is 19.2 Å². The van der Waals surface area contributed by atoms with Crippen LogP contribution in [0.3, 0.4) is 0 Å². The van der Waals surface area contributed by atoms with Gasteiger partial charge in [0.25, 0.3) is 0 Å². The fraction of sp³-hybridized carbons (Fsp3) is 0.909. The van der Waals surface area contributed by atoms with Crippen LogP contribution in [-0.4, -0.2) is 25.2 Å². The second-order valence-corrected chi connectivity index (χ2v) is 5.19. The highest BCUT2D eigenvalue weighted by molar-refractivity contribution is 5.71. The Balaban J connectivity index is 1.96. The van der Waals surface area contributed by atoms with Crippen molar-refractivity contribution in [1.29, 1.82) is 0 Å². The van der Waals surface area contributed by atoms with Crippen LogP contribution in [0.1, 0.15) is 40.0 Å². The van der Waals surface area contributed by atoms with E-state index in [4.69, 9.17) is 4.74 Å². The maximum atomic E-state index is 11.2. The molecule has 3 nitrogen and oxygen atoms in total. The lowest BCUT2D eigenvalue weighted by molar-refractivity contribution is -0.143. The van der Waals surface area contributed by atoms with Crippen LogP contribution in [0, 0.1) is 5.41 Å². The molecule has 1 N–H and O–H groups in total. The Morgan fingerprint density at radius 1 is 1.43 bits per heavy atom. The number of ether oxygens (including phenoxy) is 1. The molecule has 0 radical (unpaired) electrons. The summed E-state index contributed by atoms with van der Waals surface area (Å²) in [6.07, 6.45) is 3.33. The van der Waals surface area contributed by atoms with Gasteiger partial charge < -0.3 is 10.1 Å². The standard InChI is InChI=1S/C11H21NO2/c1-11(2,3)6-7-14-10(13)8-12-9-4-5-9/h9,12H,4-8H2,1-3H3. The molecule has 0 aromatic carbocycles. The smallest absolute Gasteiger partial charge is 0.319 e. The fourth-order valence-corrected chi connectivity index (χ4v) is 1.04. The Bertz CT molecular complexity index is 192. The van der Waals surface area contributed by atoms with Gasteiger partial charge in [0, 0.05) is 6.04 Å². The van der Waals surface area contributed by atoms with Crippen molar-refractivity contribution in [3.8, 4) is 0 Å². The molecule has 0 bridgehead atoms. The van der Waals surface area contributed by atoms with Crippen LogP contribution in [-0.2, 0) is 9.53 Å². The van der Waals surface area contributed by atoms with Crippen molar-refractivity contribution in [2.24, 2.45) is 5.41 Å². The zero-order valence-corrected chi connectivity index (χ0v) is 9.43. The molecule has 0 atom stereocenters. The van der Waals surface area contributed by atoms with Gasteiger partial charge >= 0.3 is 5.97 Å². The molecule has 82 valence electrons. The first-order valence-corrected chi connectivity index (χ1v) is 5.36. The molecule has 0 amide bonds. The molecule has 1 saturated carbocycles. The van der Waals surface area contributed by atoms with Gasteiger partial charge in [0.15, 0.2) is 0 Å². The van der Waals surface area contributed by atoms with Gasteiger partial charge in [-0.3, -0.25) is 4.79 Å². The summed E-state index contributed by atoms with van der Waals surface area (Å²) in [5.41, 5.74) is 0.240. The number of nitrogens with one attached hydrogen (secondary N) is 1. The highest BCUT2D eigenvalue weighted by Gasteiger charge is 2.21. The van der Waals surface area contributed by atoms with Gasteiger partial charge in [0.2, 0.25) is 0 Å². The summed E-state index contributed by atoms with van der Waals surface area (Å²) < 4.78 is 5.09. The third kappa shape index (κ3) is 5.97. The normalized spacial score (nSPS) is 16.8. The van der Waals surface area contributed by atoms with Crippen molar-refractivity contribution < 1.29 is 9.53 Å². The summed E-state index contributed by atoms with van der Waals surface area (Å²) in [5.74, 6) is -0.124. The van der Waals surface area contributed by atoms with Gasteiger partial charge in [-0.1, -0.05) is 20.8 Å². The van der Waals surface area contributed by atoms with Crippen LogP contribution in [0.15, 0.2) is 0 Å². The van der Waals surface area contributed by atoms with Crippen LogP contribution in [0.5, 0.6) is 0 Å². The van der Waals surface area contributed by atoms with Crippen LogP contribution in [0.2, 0.25) is 0 Å². The number of rotatable bonds is 5. The number of hydrogen-bond acceptors (Lipinski definition) is 3. The highest BCUT2D eigenvalue weighted by atomic mass is 16.5. The molecule has 14 heavy (non-hydrogen) atoms. The second-order valence-electron chi connectivity index (χ2n) is 5.19. The second kappa shape index (κ2) is 4.78. The summed E-state index contributed by atoms with van der Waals surface area (Å²) in [6, 6.07) is 0.574. The molecular formula is C11H21NO2. The molecular weight excluding hydrogens is 178 g/mol. The van der Waals surface area contributed by atoms with E-state index < -0.39 is 0 Å². The van der Waals surface area contributed by atoms with Crippen LogP contribution < -0.4 is 5.32 Å². The summed E-state index contributed by atoms with van der Waals surface area (Å²) in [7, 11) is 0. The molecule has 1 rings (SSSR count). The average molecular weight is 199 g/mol. The lowest BCUT2D eigenvalue weighted by Crippen LogP contribution is -2.27. The first-order chi connectivity index (χ1) is 6.47. The summed E-state index contributed by atoms with van der Waals surface area (Å²) >= 11 is 0.